The summed E-state index contributed by atoms with van der Waals surface area (Å²) in [7, 11) is -5.74. The van der Waals surface area contributed by atoms with Crippen molar-refractivity contribution in [3.05, 3.63) is 47.7 Å². The van der Waals surface area contributed by atoms with Crippen molar-refractivity contribution in [2.24, 2.45) is 0 Å². The molecule has 0 bridgehead atoms. The lowest BCUT2D eigenvalue weighted by Gasteiger charge is -2.26. The highest BCUT2D eigenvalue weighted by molar-refractivity contribution is 7.87. The van der Waals surface area contributed by atoms with Gasteiger partial charge in [-0.3, -0.25) is 4.79 Å². The average molecular weight is 335 g/mol. The summed E-state index contributed by atoms with van der Waals surface area (Å²) in [6, 6.07) is 9.01. The zero-order chi connectivity index (χ0) is 16.4. The Balaban J connectivity index is 2.05. The van der Waals surface area contributed by atoms with Crippen LogP contribution in [0.3, 0.4) is 0 Å². The number of carbonyl (C=O) groups is 1. The highest BCUT2D eigenvalue weighted by Crippen LogP contribution is 2.28. The summed E-state index contributed by atoms with van der Waals surface area (Å²) in [5.74, 6) is -1.10. The van der Waals surface area contributed by atoms with Gasteiger partial charge in [-0.2, -0.15) is 21.6 Å². The summed E-state index contributed by atoms with van der Waals surface area (Å²) in [6.07, 6.45) is 0.670. The largest absolute Gasteiger partial charge is 0.534 e. The second kappa shape index (κ2) is 5.99. The van der Waals surface area contributed by atoms with Gasteiger partial charge < -0.3 is 9.08 Å². The Morgan fingerprint density at radius 2 is 1.82 bits per heavy atom. The molecule has 1 amide bonds. The molecule has 0 fully saturated rings. The predicted molar refractivity (Wildman–Crippen MR) is 70.6 cm³/mol. The molecule has 0 N–H and O–H groups in total. The zero-order valence-electron chi connectivity index (χ0n) is 11.2. The number of hydrogen-bond acceptors (Lipinski definition) is 4. The summed E-state index contributed by atoms with van der Waals surface area (Å²) in [5, 5.41) is 0. The van der Waals surface area contributed by atoms with Gasteiger partial charge in [-0.05, 0) is 5.56 Å². The van der Waals surface area contributed by atoms with E-state index in [0.717, 1.165) is 11.6 Å². The molecular weight excluding hydrogens is 323 g/mol. The van der Waals surface area contributed by atoms with E-state index in [1.807, 2.05) is 6.07 Å². The standard InChI is InChI=1S/C13H12F3NO4S/c14-13(15,16)22(19,20)21-11-6-7-17(12(18)8-11)9-10-4-2-1-3-5-10/h1-5,8H,6-7,9H2. The van der Waals surface area contributed by atoms with Crippen LogP contribution in [0.2, 0.25) is 0 Å². The molecule has 1 heterocycles. The third kappa shape index (κ3) is 3.79. The minimum absolute atomic E-state index is 0.0763. The quantitative estimate of drug-likeness (QED) is 0.625. The van der Waals surface area contributed by atoms with E-state index >= 15 is 0 Å². The summed E-state index contributed by atoms with van der Waals surface area (Å²) in [5.41, 5.74) is -4.66. The fourth-order valence-corrected chi connectivity index (χ4v) is 2.38. The topological polar surface area (TPSA) is 63.7 Å². The Hall–Kier alpha value is -2.03. The number of halogens is 3. The van der Waals surface area contributed by atoms with Crippen LogP contribution in [0, 0.1) is 0 Å². The van der Waals surface area contributed by atoms with Crippen molar-refractivity contribution in [1.29, 1.82) is 0 Å². The first kappa shape index (κ1) is 16.3. The highest BCUT2D eigenvalue weighted by atomic mass is 32.2. The second-order valence-corrected chi connectivity index (χ2v) is 6.13. The molecule has 0 unspecified atom stereocenters. The van der Waals surface area contributed by atoms with Gasteiger partial charge in [-0.25, -0.2) is 0 Å². The fraction of sp³-hybridized carbons (Fsp3) is 0.308. The van der Waals surface area contributed by atoms with Crippen LogP contribution in [-0.4, -0.2) is 31.3 Å². The molecule has 0 radical (unpaired) electrons. The summed E-state index contributed by atoms with van der Waals surface area (Å²) in [4.78, 5) is 13.2. The number of benzene rings is 1. The molecular formula is C13H12F3NO4S. The second-order valence-electron chi connectivity index (χ2n) is 4.59. The Morgan fingerprint density at radius 3 is 2.36 bits per heavy atom. The number of carbonyl (C=O) groups excluding carboxylic acids is 1. The molecule has 9 heteroatoms. The Kier molecular flexibility index (Phi) is 4.45. The van der Waals surface area contributed by atoms with Crippen LogP contribution in [-0.2, 0) is 25.6 Å². The minimum atomic E-state index is -5.74. The molecule has 0 aromatic heterocycles. The van der Waals surface area contributed by atoms with Gasteiger partial charge in [0, 0.05) is 25.6 Å². The highest BCUT2D eigenvalue weighted by Gasteiger charge is 2.49. The van der Waals surface area contributed by atoms with Crippen molar-refractivity contribution in [1.82, 2.24) is 4.90 Å². The Bertz CT molecular complexity index is 683. The third-order valence-electron chi connectivity index (χ3n) is 2.94. The molecule has 1 aliphatic heterocycles. The maximum absolute atomic E-state index is 12.2. The van der Waals surface area contributed by atoms with Gasteiger partial charge in [0.25, 0.3) is 0 Å². The Labute approximate surface area is 125 Å². The van der Waals surface area contributed by atoms with E-state index in [-0.39, 0.29) is 19.5 Å². The molecule has 1 aromatic carbocycles. The van der Waals surface area contributed by atoms with Crippen LogP contribution >= 0.6 is 0 Å². The van der Waals surface area contributed by atoms with Gasteiger partial charge in [0.15, 0.2) is 0 Å². The number of amides is 1. The minimum Gasteiger partial charge on any atom is -0.380 e. The van der Waals surface area contributed by atoms with Crippen LogP contribution in [0.4, 0.5) is 13.2 Å². The van der Waals surface area contributed by atoms with E-state index in [4.69, 9.17) is 0 Å². The smallest absolute Gasteiger partial charge is 0.380 e. The predicted octanol–water partition coefficient (Wildman–Crippen LogP) is 2.17. The molecule has 0 spiro atoms. The summed E-state index contributed by atoms with van der Waals surface area (Å²) in [6.45, 7) is 0.364. The van der Waals surface area contributed by atoms with Gasteiger partial charge in [-0.15, -0.1) is 0 Å². The van der Waals surface area contributed by atoms with Gasteiger partial charge in [0.2, 0.25) is 5.91 Å². The van der Waals surface area contributed by atoms with E-state index in [2.05, 4.69) is 4.18 Å². The first-order valence-electron chi connectivity index (χ1n) is 6.23. The maximum Gasteiger partial charge on any atom is 0.534 e. The van der Waals surface area contributed by atoms with Crippen molar-refractivity contribution in [3.8, 4) is 0 Å². The lowest BCUT2D eigenvalue weighted by molar-refractivity contribution is -0.127. The lowest BCUT2D eigenvalue weighted by atomic mass is 10.1. The first-order valence-corrected chi connectivity index (χ1v) is 7.64. The van der Waals surface area contributed by atoms with E-state index in [9.17, 15) is 26.4 Å². The van der Waals surface area contributed by atoms with Gasteiger partial charge in [0.05, 0.1) is 0 Å². The first-order chi connectivity index (χ1) is 10.2. The maximum atomic E-state index is 12.2. The normalized spacial score (nSPS) is 16.4. The van der Waals surface area contributed by atoms with Crippen LogP contribution < -0.4 is 0 Å². The van der Waals surface area contributed by atoms with E-state index in [1.165, 1.54) is 4.90 Å². The molecule has 0 aliphatic carbocycles. The van der Waals surface area contributed by atoms with Crippen molar-refractivity contribution < 1.29 is 30.6 Å². The lowest BCUT2D eigenvalue weighted by Crippen LogP contribution is -2.35. The van der Waals surface area contributed by atoms with E-state index in [0.29, 0.717) is 0 Å². The molecule has 5 nitrogen and oxygen atoms in total. The number of alkyl halides is 3. The van der Waals surface area contributed by atoms with Crippen LogP contribution in [0.5, 0.6) is 0 Å². The molecule has 0 atom stereocenters. The molecule has 0 saturated heterocycles. The Morgan fingerprint density at radius 1 is 1.18 bits per heavy atom. The fourth-order valence-electron chi connectivity index (χ4n) is 1.87. The van der Waals surface area contributed by atoms with Crippen molar-refractivity contribution in [2.75, 3.05) is 6.54 Å². The average Bonchev–Trinajstić information content (AvgIpc) is 2.41. The van der Waals surface area contributed by atoms with E-state index in [1.54, 1.807) is 24.3 Å². The van der Waals surface area contributed by atoms with E-state index < -0.39 is 27.3 Å². The molecule has 1 aromatic rings. The third-order valence-corrected chi connectivity index (χ3v) is 3.94. The monoisotopic (exact) mass is 335 g/mol. The van der Waals surface area contributed by atoms with Gasteiger partial charge >= 0.3 is 15.6 Å². The van der Waals surface area contributed by atoms with Crippen molar-refractivity contribution >= 4 is 16.0 Å². The molecule has 1 aliphatic rings. The summed E-state index contributed by atoms with van der Waals surface area (Å²) >= 11 is 0. The van der Waals surface area contributed by atoms with Crippen LogP contribution in [0.25, 0.3) is 0 Å². The SMILES string of the molecule is O=C1C=C(OS(=O)(=O)C(F)(F)F)CCN1Cc1ccccc1. The zero-order valence-corrected chi connectivity index (χ0v) is 12.0. The van der Waals surface area contributed by atoms with Crippen LogP contribution in [0.1, 0.15) is 12.0 Å². The molecule has 120 valence electrons. The molecule has 22 heavy (non-hydrogen) atoms. The number of rotatable bonds is 4. The van der Waals surface area contributed by atoms with Crippen molar-refractivity contribution in [3.63, 3.8) is 0 Å². The number of nitrogens with zero attached hydrogens (tertiary/aromatic N) is 1. The van der Waals surface area contributed by atoms with Crippen molar-refractivity contribution in [2.45, 2.75) is 18.5 Å². The number of hydrogen-bond donors (Lipinski definition) is 0. The molecule has 2 rings (SSSR count). The van der Waals surface area contributed by atoms with Gasteiger partial charge in [0.1, 0.15) is 5.76 Å². The summed E-state index contributed by atoms with van der Waals surface area (Å²) < 4.78 is 62.4. The molecule has 0 saturated carbocycles. The van der Waals surface area contributed by atoms with Crippen LogP contribution in [0.15, 0.2) is 42.2 Å². The van der Waals surface area contributed by atoms with Gasteiger partial charge in [-0.1, -0.05) is 30.3 Å².